The molecule has 0 radical (unpaired) electrons. The number of amides is 1. The summed E-state index contributed by atoms with van der Waals surface area (Å²) in [5, 5.41) is 3.60. The summed E-state index contributed by atoms with van der Waals surface area (Å²) in [5.74, 6) is 0.779. The maximum atomic E-state index is 15.0. The van der Waals surface area contributed by atoms with Crippen molar-refractivity contribution in [2.45, 2.75) is 26.1 Å². The summed E-state index contributed by atoms with van der Waals surface area (Å²) in [7, 11) is 3.41. The number of alkyl halides is 3. The van der Waals surface area contributed by atoms with E-state index >= 15 is 13.2 Å². The predicted molar refractivity (Wildman–Crippen MR) is 236 cm³/mol. The number of benzene rings is 2. The number of aromatic nitrogens is 4. The molecule has 7 rings (SSSR count). The van der Waals surface area contributed by atoms with Crippen LogP contribution in [0, 0.1) is 0 Å². The first-order chi connectivity index (χ1) is 31.1. The number of carbonyl (C=O) groups is 1. The molecule has 1 fully saturated rings. The van der Waals surface area contributed by atoms with E-state index in [9.17, 15) is 4.79 Å². The number of fused-ring (bicyclic) bond motifs is 3. The van der Waals surface area contributed by atoms with Crippen molar-refractivity contribution < 1.29 is 46.4 Å². The van der Waals surface area contributed by atoms with Crippen LogP contribution in [0.4, 0.5) is 41.9 Å². The number of hydrogen-bond acceptors (Lipinski definition) is 15. The lowest BCUT2D eigenvalue weighted by molar-refractivity contribution is -0.137. The van der Waals surface area contributed by atoms with Gasteiger partial charge in [-0.3, -0.25) is 9.78 Å². The number of nitrogens with one attached hydrogen (secondary N) is 1. The zero-order valence-electron chi connectivity index (χ0n) is 36.3. The lowest BCUT2D eigenvalue weighted by Gasteiger charge is -2.37. The molecule has 1 saturated heterocycles. The minimum Gasteiger partial charge on any atom is -0.481 e. The SMILES string of the molecule is CCOCCOCCOCCOCCC(=O)NCc1cnc(N2CCN(c3ccc(N4COCN(C)c5cnc6ccc(-c7ccc(OC)nc7)cc6c54)cc3C(F)(F)F)CC2)nc1. The molecule has 1 N–H and O–H groups in total. The molecule has 2 aromatic carbocycles. The molecule has 1 amide bonds. The van der Waals surface area contributed by atoms with E-state index < -0.39 is 11.7 Å². The average molecular weight is 890 g/mol. The van der Waals surface area contributed by atoms with E-state index in [1.807, 2.05) is 48.0 Å². The van der Waals surface area contributed by atoms with Gasteiger partial charge in [0.2, 0.25) is 17.7 Å². The number of piperazine rings is 1. The van der Waals surface area contributed by atoms with Crippen LogP contribution in [0.25, 0.3) is 22.0 Å². The number of rotatable bonds is 20. The van der Waals surface area contributed by atoms with E-state index in [1.165, 1.54) is 6.07 Å². The van der Waals surface area contributed by atoms with Crippen molar-refractivity contribution in [3.05, 3.63) is 84.4 Å². The number of nitrogens with zero attached hydrogens (tertiary/aromatic N) is 8. The Kier molecular flexibility index (Phi) is 16.0. The van der Waals surface area contributed by atoms with Crippen LogP contribution in [-0.4, -0.2) is 132 Å². The summed E-state index contributed by atoms with van der Waals surface area (Å²) in [5.41, 5.74) is 4.20. The molecule has 0 atom stereocenters. The molecule has 19 heteroatoms. The number of methoxy groups -OCH3 is 1. The van der Waals surface area contributed by atoms with E-state index in [-0.39, 0.29) is 44.6 Å². The fraction of sp³-hybridized carbons (Fsp3) is 0.444. The summed E-state index contributed by atoms with van der Waals surface area (Å²) in [4.78, 5) is 37.7. The lowest BCUT2D eigenvalue weighted by Crippen LogP contribution is -2.47. The first-order valence-corrected chi connectivity index (χ1v) is 21.2. The van der Waals surface area contributed by atoms with Crippen LogP contribution in [-0.2, 0) is 41.2 Å². The average Bonchev–Trinajstić information content (AvgIpc) is 3.49. The number of carbonyl (C=O) groups excluding carboxylic acids is 1. The molecule has 5 aromatic rings. The molecular weight excluding hydrogens is 836 g/mol. The van der Waals surface area contributed by atoms with Crippen molar-refractivity contribution in [2.24, 2.45) is 0 Å². The third kappa shape index (κ3) is 11.8. The molecule has 5 heterocycles. The fourth-order valence-electron chi connectivity index (χ4n) is 7.39. The van der Waals surface area contributed by atoms with Gasteiger partial charge in [0.05, 0.1) is 82.0 Å². The monoisotopic (exact) mass is 889 g/mol. The first-order valence-electron chi connectivity index (χ1n) is 21.2. The Balaban J connectivity index is 0.949. The van der Waals surface area contributed by atoms with Crippen molar-refractivity contribution in [3.8, 4) is 17.0 Å². The Morgan fingerprint density at radius 3 is 2.11 bits per heavy atom. The Hall–Kier alpha value is -5.86. The summed E-state index contributed by atoms with van der Waals surface area (Å²) < 4.78 is 77.8. The summed E-state index contributed by atoms with van der Waals surface area (Å²) in [6, 6.07) is 14.0. The maximum Gasteiger partial charge on any atom is 0.418 e. The molecule has 0 aliphatic carbocycles. The number of ether oxygens (including phenoxy) is 6. The zero-order valence-corrected chi connectivity index (χ0v) is 36.3. The number of hydrogen-bond donors (Lipinski definition) is 1. The highest BCUT2D eigenvalue weighted by atomic mass is 19.4. The zero-order chi connectivity index (χ0) is 44.9. The largest absolute Gasteiger partial charge is 0.481 e. The number of anilines is 5. The van der Waals surface area contributed by atoms with E-state index in [0.29, 0.717) is 107 Å². The molecule has 0 spiro atoms. The molecule has 2 aliphatic rings. The van der Waals surface area contributed by atoms with Gasteiger partial charge in [0.15, 0.2) is 0 Å². The minimum atomic E-state index is -4.64. The van der Waals surface area contributed by atoms with Gasteiger partial charge in [0.1, 0.15) is 13.5 Å². The second-order valence-electron chi connectivity index (χ2n) is 15.0. The van der Waals surface area contributed by atoms with Crippen molar-refractivity contribution in [1.82, 2.24) is 25.3 Å². The molecule has 2 aliphatic heterocycles. The molecule has 3 aromatic heterocycles. The highest BCUT2D eigenvalue weighted by Gasteiger charge is 2.37. The van der Waals surface area contributed by atoms with Crippen molar-refractivity contribution in [1.29, 1.82) is 0 Å². The molecule has 342 valence electrons. The van der Waals surface area contributed by atoms with Crippen LogP contribution in [0.15, 0.2) is 73.3 Å². The van der Waals surface area contributed by atoms with E-state index in [4.69, 9.17) is 33.4 Å². The van der Waals surface area contributed by atoms with Gasteiger partial charge >= 0.3 is 6.18 Å². The van der Waals surface area contributed by atoms with Crippen molar-refractivity contribution >= 4 is 45.5 Å². The molecule has 16 nitrogen and oxygen atoms in total. The van der Waals surface area contributed by atoms with Gasteiger partial charge in [-0.1, -0.05) is 6.07 Å². The van der Waals surface area contributed by atoms with Crippen molar-refractivity contribution in [2.75, 3.05) is 126 Å². The number of halogens is 3. The van der Waals surface area contributed by atoms with Crippen LogP contribution < -0.4 is 29.7 Å². The van der Waals surface area contributed by atoms with Gasteiger partial charge < -0.3 is 53.3 Å². The molecule has 0 unspecified atom stereocenters. The van der Waals surface area contributed by atoms with Crippen LogP contribution in [0.5, 0.6) is 5.88 Å². The van der Waals surface area contributed by atoms with Gasteiger partial charge in [-0.25, -0.2) is 15.0 Å². The maximum absolute atomic E-state index is 15.0. The highest BCUT2D eigenvalue weighted by Crippen LogP contribution is 2.45. The third-order valence-corrected chi connectivity index (χ3v) is 10.8. The Bertz CT molecular complexity index is 2280. The third-order valence-electron chi connectivity index (χ3n) is 10.8. The van der Waals surface area contributed by atoms with E-state index in [1.54, 1.807) is 59.9 Å². The minimum absolute atomic E-state index is 0.0183. The second kappa shape index (κ2) is 22.2. The van der Waals surface area contributed by atoms with Gasteiger partial charge in [-0.05, 0) is 48.9 Å². The topological polar surface area (TPSA) is 149 Å². The lowest BCUT2D eigenvalue weighted by atomic mass is 10.0. The predicted octanol–water partition coefficient (Wildman–Crippen LogP) is 6.05. The van der Waals surface area contributed by atoms with Crippen LogP contribution in [0.1, 0.15) is 24.5 Å². The van der Waals surface area contributed by atoms with Crippen LogP contribution >= 0.6 is 0 Å². The Morgan fingerprint density at radius 1 is 0.750 bits per heavy atom. The first kappa shape index (κ1) is 46.1. The Morgan fingerprint density at radius 2 is 1.44 bits per heavy atom. The molecular formula is C45H54F3N9O7. The fourth-order valence-corrected chi connectivity index (χ4v) is 7.39. The quantitative estimate of drug-likeness (QED) is 0.0904. The normalized spacial score (nSPS) is 14.5. The van der Waals surface area contributed by atoms with Gasteiger partial charge in [0.25, 0.3) is 0 Å². The molecule has 0 bridgehead atoms. The summed E-state index contributed by atoms with van der Waals surface area (Å²) >= 11 is 0. The van der Waals surface area contributed by atoms with E-state index in [0.717, 1.165) is 22.2 Å². The molecule has 0 saturated carbocycles. The van der Waals surface area contributed by atoms with Gasteiger partial charge in [0, 0.05) is 105 Å². The second-order valence-corrected chi connectivity index (χ2v) is 15.0. The van der Waals surface area contributed by atoms with Crippen molar-refractivity contribution in [3.63, 3.8) is 0 Å². The number of pyridine rings is 2. The van der Waals surface area contributed by atoms with Gasteiger partial charge in [-0.15, -0.1) is 0 Å². The standard InChI is InChI=1S/C45H54F3N9O7/c1-4-60-17-18-62-21-22-63-20-19-61-16-11-41(58)50-25-32-26-52-44(53-27-32)56-14-12-55(13-15-56)39-9-7-35(24-37(39)45(46,47)48)57-31-64-30-54(2)40-29-49-38-8-5-33(23-36(38)43(40)57)34-6-10-42(59-3)51-28-34/h5-10,23-24,26-29H,4,11-22,25,30-31H2,1-3H3,(H,50,58). The summed E-state index contributed by atoms with van der Waals surface area (Å²) in [6.07, 6.45) is 2.28. The smallest absolute Gasteiger partial charge is 0.418 e. The van der Waals surface area contributed by atoms with Gasteiger partial charge in [-0.2, -0.15) is 13.2 Å². The Labute approximate surface area is 370 Å². The summed E-state index contributed by atoms with van der Waals surface area (Å²) in [6.45, 7) is 7.62. The molecule has 64 heavy (non-hydrogen) atoms. The highest BCUT2D eigenvalue weighted by molar-refractivity contribution is 6.02. The van der Waals surface area contributed by atoms with Crippen LogP contribution in [0.2, 0.25) is 0 Å². The van der Waals surface area contributed by atoms with Crippen LogP contribution in [0.3, 0.4) is 0 Å². The van der Waals surface area contributed by atoms with E-state index in [2.05, 4.69) is 20.3 Å².